The third kappa shape index (κ3) is 4.01. The van der Waals surface area contributed by atoms with Crippen LogP contribution in [0.4, 0.5) is 0 Å². The van der Waals surface area contributed by atoms with Gasteiger partial charge in [-0.15, -0.1) is 0 Å². The first-order chi connectivity index (χ1) is 11.5. The van der Waals surface area contributed by atoms with Gasteiger partial charge in [-0.2, -0.15) is 0 Å². The van der Waals surface area contributed by atoms with Gasteiger partial charge in [-0.25, -0.2) is 0 Å². The van der Waals surface area contributed by atoms with E-state index in [-0.39, 0.29) is 5.91 Å². The van der Waals surface area contributed by atoms with E-state index < -0.39 is 0 Å². The lowest BCUT2D eigenvalue weighted by atomic mass is 9.97. The van der Waals surface area contributed by atoms with Gasteiger partial charge < -0.3 is 14.4 Å². The molecule has 0 saturated carbocycles. The van der Waals surface area contributed by atoms with Crippen molar-refractivity contribution >= 4 is 5.91 Å². The lowest BCUT2D eigenvalue weighted by Crippen LogP contribution is -2.51. The maximum Gasteiger partial charge on any atom is 0.270 e. The summed E-state index contributed by atoms with van der Waals surface area (Å²) in [5.41, 5.74) is 0.868. The van der Waals surface area contributed by atoms with Gasteiger partial charge in [0.1, 0.15) is 5.69 Å². The lowest BCUT2D eigenvalue weighted by molar-refractivity contribution is 0.0583. The van der Waals surface area contributed by atoms with E-state index in [9.17, 15) is 4.79 Å². The second kappa shape index (κ2) is 7.70. The number of piperazine rings is 1. The van der Waals surface area contributed by atoms with Crippen molar-refractivity contribution in [2.45, 2.75) is 39.3 Å². The Bertz CT molecular complexity index is 537. The fourth-order valence-electron chi connectivity index (χ4n) is 3.89. The molecule has 3 heterocycles. The average molecular weight is 332 g/mol. The Morgan fingerprint density at radius 2 is 1.79 bits per heavy atom. The first-order valence-corrected chi connectivity index (χ1v) is 9.41. The van der Waals surface area contributed by atoms with Gasteiger partial charge in [0.05, 0.1) is 0 Å². The van der Waals surface area contributed by atoms with Gasteiger partial charge in [-0.1, -0.05) is 0 Å². The number of aromatic nitrogens is 1. The van der Waals surface area contributed by atoms with E-state index in [1.807, 2.05) is 17.0 Å². The van der Waals surface area contributed by atoms with Crippen LogP contribution in [0.3, 0.4) is 0 Å². The summed E-state index contributed by atoms with van der Waals surface area (Å²) in [6.07, 6.45) is 4.54. The van der Waals surface area contributed by atoms with Crippen molar-refractivity contribution in [2.75, 3.05) is 46.3 Å². The van der Waals surface area contributed by atoms with Crippen molar-refractivity contribution in [1.29, 1.82) is 0 Å². The standard InChI is InChI=1S/C19H32N4O/c1-16(2)21-11-13-22(14-12-21)19(24)18-5-4-8-23(18)15-17-6-9-20(3)10-7-17/h4-5,8,16-17H,6-7,9-15H2,1-3H3. The quantitative estimate of drug-likeness (QED) is 0.845. The molecule has 134 valence electrons. The summed E-state index contributed by atoms with van der Waals surface area (Å²) in [6.45, 7) is 11.4. The van der Waals surface area contributed by atoms with Crippen LogP contribution in [0.2, 0.25) is 0 Å². The van der Waals surface area contributed by atoms with Crippen LogP contribution >= 0.6 is 0 Å². The minimum absolute atomic E-state index is 0.205. The van der Waals surface area contributed by atoms with Crippen LogP contribution in [0.25, 0.3) is 0 Å². The molecule has 24 heavy (non-hydrogen) atoms. The molecule has 0 N–H and O–H groups in total. The maximum atomic E-state index is 12.9. The smallest absolute Gasteiger partial charge is 0.270 e. The molecule has 1 amide bonds. The average Bonchev–Trinajstić information content (AvgIpc) is 3.04. The van der Waals surface area contributed by atoms with Crippen molar-refractivity contribution in [3.05, 3.63) is 24.0 Å². The van der Waals surface area contributed by atoms with Crippen LogP contribution < -0.4 is 0 Å². The molecule has 0 bridgehead atoms. The summed E-state index contributed by atoms with van der Waals surface area (Å²) in [4.78, 5) is 19.8. The van der Waals surface area contributed by atoms with Gasteiger partial charge >= 0.3 is 0 Å². The molecule has 3 rings (SSSR count). The van der Waals surface area contributed by atoms with Crippen molar-refractivity contribution in [3.8, 4) is 0 Å². The molecule has 2 aliphatic heterocycles. The summed E-state index contributed by atoms with van der Waals surface area (Å²) in [5, 5.41) is 0. The fraction of sp³-hybridized carbons (Fsp3) is 0.737. The number of piperidine rings is 1. The zero-order valence-electron chi connectivity index (χ0n) is 15.4. The minimum Gasteiger partial charge on any atom is -0.343 e. The molecule has 0 atom stereocenters. The molecule has 0 aliphatic carbocycles. The Balaban J connectivity index is 1.59. The maximum absolute atomic E-state index is 12.9. The SMILES string of the molecule is CC(C)N1CCN(C(=O)c2cccn2CC2CCN(C)CC2)CC1. The van der Waals surface area contributed by atoms with Crippen LogP contribution in [0.5, 0.6) is 0 Å². The molecule has 5 heteroatoms. The van der Waals surface area contributed by atoms with E-state index >= 15 is 0 Å². The van der Waals surface area contributed by atoms with Gasteiger partial charge in [0.15, 0.2) is 0 Å². The van der Waals surface area contributed by atoms with E-state index in [4.69, 9.17) is 0 Å². The van der Waals surface area contributed by atoms with E-state index in [0.29, 0.717) is 12.0 Å². The molecule has 2 aliphatic rings. The molecule has 5 nitrogen and oxygen atoms in total. The zero-order valence-corrected chi connectivity index (χ0v) is 15.4. The number of amides is 1. The summed E-state index contributed by atoms with van der Waals surface area (Å²) < 4.78 is 2.19. The van der Waals surface area contributed by atoms with Gasteiger partial charge in [0.2, 0.25) is 0 Å². The van der Waals surface area contributed by atoms with Crippen molar-refractivity contribution < 1.29 is 4.79 Å². The largest absolute Gasteiger partial charge is 0.343 e. The molecule has 2 fully saturated rings. The Morgan fingerprint density at radius 3 is 2.42 bits per heavy atom. The van der Waals surface area contributed by atoms with Gasteiger partial charge in [-0.3, -0.25) is 9.69 Å². The number of hydrogen-bond donors (Lipinski definition) is 0. The van der Waals surface area contributed by atoms with E-state index in [0.717, 1.165) is 38.4 Å². The zero-order chi connectivity index (χ0) is 17.1. The number of rotatable bonds is 4. The van der Waals surface area contributed by atoms with Gasteiger partial charge in [-0.05, 0) is 64.9 Å². The fourth-order valence-corrected chi connectivity index (χ4v) is 3.89. The Hall–Kier alpha value is -1.33. The molecule has 1 aromatic rings. The number of hydrogen-bond acceptors (Lipinski definition) is 3. The number of likely N-dealkylation sites (tertiary alicyclic amines) is 1. The summed E-state index contributed by atoms with van der Waals surface area (Å²) in [6, 6.07) is 4.58. The molecular formula is C19H32N4O. The van der Waals surface area contributed by atoms with Crippen LogP contribution in [-0.4, -0.2) is 77.5 Å². The second-order valence-corrected chi connectivity index (χ2v) is 7.71. The predicted octanol–water partition coefficient (Wildman–Crippen LogP) is 2.00. The monoisotopic (exact) mass is 332 g/mol. The Kier molecular flexibility index (Phi) is 5.61. The van der Waals surface area contributed by atoms with E-state index in [2.05, 4.69) is 41.5 Å². The third-order valence-electron chi connectivity index (χ3n) is 5.67. The summed E-state index contributed by atoms with van der Waals surface area (Å²) in [5.74, 6) is 0.897. The topological polar surface area (TPSA) is 31.7 Å². The van der Waals surface area contributed by atoms with Crippen LogP contribution in [-0.2, 0) is 6.54 Å². The molecule has 0 aromatic carbocycles. The highest BCUT2D eigenvalue weighted by atomic mass is 16.2. The first-order valence-electron chi connectivity index (χ1n) is 9.41. The Labute approximate surface area is 146 Å². The number of carbonyl (C=O) groups excluding carboxylic acids is 1. The molecule has 1 aromatic heterocycles. The molecule has 2 saturated heterocycles. The third-order valence-corrected chi connectivity index (χ3v) is 5.67. The van der Waals surface area contributed by atoms with E-state index in [1.54, 1.807) is 0 Å². The number of carbonyl (C=O) groups is 1. The normalized spacial score (nSPS) is 21.6. The highest BCUT2D eigenvalue weighted by Gasteiger charge is 2.26. The molecular weight excluding hydrogens is 300 g/mol. The number of nitrogens with zero attached hydrogens (tertiary/aromatic N) is 4. The van der Waals surface area contributed by atoms with Gasteiger partial charge in [0, 0.05) is 45.0 Å². The highest BCUT2D eigenvalue weighted by Crippen LogP contribution is 2.20. The van der Waals surface area contributed by atoms with Crippen molar-refractivity contribution in [3.63, 3.8) is 0 Å². The predicted molar refractivity (Wildman–Crippen MR) is 97.3 cm³/mol. The van der Waals surface area contributed by atoms with Crippen LogP contribution in [0, 0.1) is 5.92 Å². The first kappa shape index (κ1) is 17.5. The molecule has 0 radical (unpaired) electrons. The van der Waals surface area contributed by atoms with Gasteiger partial charge in [0.25, 0.3) is 5.91 Å². The second-order valence-electron chi connectivity index (χ2n) is 7.71. The van der Waals surface area contributed by atoms with Crippen molar-refractivity contribution in [2.24, 2.45) is 5.92 Å². The molecule has 0 unspecified atom stereocenters. The summed E-state index contributed by atoms with van der Waals surface area (Å²) >= 11 is 0. The molecule has 0 spiro atoms. The minimum atomic E-state index is 0.205. The highest BCUT2D eigenvalue weighted by molar-refractivity contribution is 5.92. The van der Waals surface area contributed by atoms with Crippen LogP contribution in [0.15, 0.2) is 18.3 Å². The lowest BCUT2D eigenvalue weighted by Gasteiger charge is -2.37. The van der Waals surface area contributed by atoms with E-state index in [1.165, 1.54) is 25.9 Å². The summed E-state index contributed by atoms with van der Waals surface area (Å²) in [7, 11) is 2.19. The van der Waals surface area contributed by atoms with Crippen molar-refractivity contribution in [1.82, 2.24) is 19.3 Å². The van der Waals surface area contributed by atoms with Crippen LogP contribution in [0.1, 0.15) is 37.2 Å². The Morgan fingerprint density at radius 1 is 1.12 bits per heavy atom.